The molecule has 15 heavy (non-hydrogen) atoms. The third kappa shape index (κ3) is 2.52. The van der Waals surface area contributed by atoms with Crippen LogP contribution in [0.2, 0.25) is 0 Å². The molecular weight excluding hydrogens is 210 g/mol. The van der Waals surface area contributed by atoms with Crippen molar-refractivity contribution in [1.29, 1.82) is 0 Å². The first-order valence-corrected chi connectivity index (χ1v) is 6.24. The van der Waals surface area contributed by atoms with Gasteiger partial charge in [-0.1, -0.05) is 18.2 Å². The van der Waals surface area contributed by atoms with E-state index in [9.17, 15) is 4.55 Å². The van der Waals surface area contributed by atoms with Gasteiger partial charge in [-0.2, -0.15) is 0 Å². The highest BCUT2D eigenvalue weighted by Gasteiger charge is 2.31. The van der Waals surface area contributed by atoms with Crippen molar-refractivity contribution in [2.45, 2.75) is 11.3 Å². The number of benzene rings is 1. The fourth-order valence-corrected chi connectivity index (χ4v) is 3.09. The van der Waals surface area contributed by atoms with Gasteiger partial charge in [-0.05, 0) is 18.6 Å². The molecule has 3 nitrogen and oxygen atoms in total. The fourth-order valence-electron chi connectivity index (χ4n) is 1.78. The summed E-state index contributed by atoms with van der Waals surface area (Å²) in [4.78, 5) is 0.844. The monoisotopic (exact) mass is 225 g/mol. The molecule has 1 aliphatic rings. The average molecular weight is 225 g/mol. The van der Waals surface area contributed by atoms with E-state index in [4.69, 9.17) is 5.11 Å². The first kappa shape index (κ1) is 11.0. The molecule has 1 saturated heterocycles. The average Bonchev–Trinajstić information content (AvgIpc) is 2.78. The van der Waals surface area contributed by atoms with Crippen molar-refractivity contribution in [1.82, 2.24) is 4.31 Å². The number of aliphatic hydroxyl groups is 1. The van der Waals surface area contributed by atoms with E-state index in [1.807, 2.05) is 34.6 Å². The maximum absolute atomic E-state index is 12.1. The summed E-state index contributed by atoms with van der Waals surface area (Å²) in [7, 11) is 0. The molecule has 82 valence electrons. The summed E-state index contributed by atoms with van der Waals surface area (Å²) in [5, 5.41) is 9.01. The Kier molecular flexibility index (Phi) is 3.64. The van der Waals surface area contributed by atoms with E-state index in [2.05, 4.69) is 0 Å². The van der Waals surface area contributed by atoms with Crippen LogP contribution in [0.3, 0.4) is 0 Å². The number of hydrogen-bond acceptors (Lipinski definition) is 3. The van der Waals surface area contributed by atoms with Crippen LogP contribution in [-0.4, -0.2) is 33.7 Å². The Hall–Kier alpha value is -0.550. The molecule has 2 unspecified atom stereocenters. The fraction of sp³-hybridized carbons (Fsp3) is 0.455. The van der Waals surface area contributed by atoms with Crippen molar-refractivity contribution in [3.05, 3.63) is 30.3 Å². The molecule has 1 heterocycles. The SMILES string of the molecule is [O-][S+](c1ccccc1)N1CCC(CO)C1. The van der Waals surface area contributed by atoms with Crippen molar-refractivity contribution in [3.63, 3.8) is 0 Å². The number of aliphatic hydroxyl groups excluding tert-OH is 1. The molecule has 1 fully saturated rings. The van der Waals surface area contributed by atoms with Crippen LogP contribution in [0.1, 0.15) is 6.42 Å². The zero-order valence-electron chi connectivity index (χ0n) is 8.50. The van der Waals surface area contributed by atoms with Crippen LogP contribution in [-0.2, 0) is 11.4 Å². The minimum atomic E-state index is -1.06. The van der Waals surface area contributed by atoms with Crippen molar-refractivity contribution in [2.75, 3.05) is 19.7 Å². The first-order chi connectivity index (χ1) is 7.31. The van der Waals surface area contributed by atoms with Crippen LogP contribution in [0.5, 0.6) is 0 Å². The first-order valence-electron chi connectivity index (χ1n) is 5.14. The van der Waals surface area contributed by atoms with Gasteiger partial charge in [0.2, 0.25) is 0 Å². The Balaban J connectivity index is 2.00. The summed E-state index contributed by atoms with van der Waals surface area (Å²) >= 11 is -1.06. The minimum Gasteiger partial charge on any atom is -0.593 e. The van der Waals surface area contributed by atoms with Crippen molar-refractivity contribution in [2.24, 2.45) is 5.92 Å². The van der Waals surface area contributed by atoms with Crippen LogP contribution in [0.15, 0.2) is 35.2 Å². The molecule has 1 aliphatic heterocycles. The second kappa shape index (κ2) is 4.99. The highest BCUT2D eigenvalue weighted by Crippen LogP contribution is 2.23. The molecule has 2 atom stereocenters. The Morgan fingerprint density at radius 3 is 2.73 bits per heavy atom. The van der Waals surface area contributed by atoms with Crippen LogP contribution in [0.4, 0.5) is 0 Å². The third-order valence-electron chi connectivity index (χ3n) is 2.69. The lowest BCUT2D eigenvalue weighted by molar-refractivity contribution is 0.233. The number of rotatable bonds is 3. The largest absolute Gasteiger partial charge is 0.593 e. The van der Waals surface area contributed by atoms with Crippen molar-refractivity contribution < 1.29 is 9.66 Å². The highest BCUT2D eigenvalue weighted by atomic mass is 32.2. The molecule has 2 rings (SSSR count). The second-order valence-electron chi connectivity index (χ2n) is 3.79. The van der Waals surface area contributed by atoms with Gasteiger partial charge in [0.15, 0.2) is 4.90 Å². The molecule has 1 aromatic rings. The van der Waals surface area contributed by atoms with E-state index in [-0.39, 0.29) is 12.5 Å². The molecule has 0 saturated carbocycles. The lowest BCUT2D eigenvalue weighted by atomic mass is 10.1. The highest BCUT2D eigenvalue weighted by molar-refractivity contribution is 7.89. The molecular formula is C11H15NO2S. The molecule has 4 heteroatoms. The summed E-state index contributed by atoms with van der Waals surface area (Å²) in [6.07, 6.45) is 0.940. The summed E-state index contributed by atoms with van der Waals surface area (Å²) in [5.74, 6) is 0.290. The molecule has 0 bridgehead atoms. The van der Waals surface area contributed by atoms with Crippen LogP contribution >= 0.6 is 0 Å². The summed E-state index contributed by atoms with van der Waals surface area (Å²) in [6, 6.07) is 9.46. The molecule has 0 radical (unpaired) electrons. The zero-order chi connectivity index (χ0) is 10.7. The van der Waals surface area contributed by atoms with E-state index in [1.54, 1.807) is 0 Å². The van der Waals surface area contributed by atoms with E-state index in [0.717, 1.165) is 24.4 Å². The third-order valence-corrected chi connectivity index (χ3v) is 4.16. The molecule has 0 aliphatic carbocycles. The Morgan fingerprint density at radius 2 is 2.13 bits per heavy atom. The van der Waals surface area contributed by atoms with Gasteiger partial charge in [0.1, 0.15) is 0 Å². The normalized spacial score (nSPS) is 24.3. The molecule has 0 aromatic heterocycles. The predicted molar refractivity (Wildman–Crippen MR) is 59.6 cm³/mol. The van der Waals surface area contributed by atoms with Gasteiger partial charge in [0, 0.05) is 25.6 Å². The van der Waals surface area contributed by atoms with Gasteiger partial charge < -0.3 is 9.66 Å². The van der Waals surface area contributed by atoms with Gasteiger partial charge in [-0.15, -0.1) is 4.31 Å². The Labute approximate surface area is 93.0 Å². The maximum Gasteiger partial charge on any atom is 0.174 e. The van der Waals surface area contributed by atoms with Gasteiger partial charge >= 0.3 is 0 Å². The van der Waals surface area contributed by atoms with E-state index < -0.39 is 11.4 Å². The quantitative estimate of drug-likeness (QED) is 0.781. The van der Waals surface area contributed by atoms with Gasteiger partial charge in [0.05, 0.1) is 11.4 Å². The molecule has 0 amide bonds. The van der Waals surface area contributed by atoms with E-state index in [0.29, 0.717) is 0 Å². The summed E-state index contributed by atoms with van der Waals surface area (Å²) in [6.45, 7) is 1.74. The second-order valence-corrected chi connectivity index (χ2v) is 5.27. The zero-order valence-corrected chi connectivity index (χ0v) is 9.32. The van der Waals surface area contributed by atoms with Crippen molar-refractivity contribution >= 4 is 11.4 Å². The number of hydrogen-bond donors (Lipinski definition) is 1. The summed E-state index contributed by atoms with van der Waals surface area (Å²) in [5.41, 5.74) is 0. The lowest BCUT2D eigenvalue weighted by Gasteiger charge is -2.18. The topological polar surface area (TPSA) is 46.5 Å². The predicted octanol–water partition coefficient (Wildman–Crippen LogP) is 1.02. The smallest absolute Gasteiger partial charge is 0.174 e. The summed E-state index contributed by atoms with van der Waals surface area (Å²) < 4.78 is 14.0. The van der Waals surface area contributed by atoms with E-state index in [1.165, 1.54) is 0 Å². The maximum atomic E-state index is 12.1. The standard InChI is InChI=1S/C11H15NO2S/c13-9-10-6-7-12(8-10)15(14)11-4-2-1-3-5-11/h1-5,10,13H,6-9H2. The van der Waals surface area contributed by atoms with Crippen LogP contribution < -0.4 is 0 Å². The lowest BCUT2D eigenvalue weighted by Crippen LogP contribution is -2.29. The van der Waals surface area contributed by atoms with Crippen LogP contribution in [0, 0.1) is 5.92 Å². The van der Waals surface area contributed by atoms with Crippen LogP contribution in [0.25, 0.3) is 0 Å². The Bertz CT molecular complexity index is 307. The molecule has 1 aromatic carbocycles. The van der Waals surface area contributed by atoms with Gasteiger partial charge in [-0.25, -0.2) is 0 Å². The molecule has 0 spiro atoms. The Morgan fingerprint density at radius 1 is 1.40 bits per heavy atom. The van der Waals surface area contributed by atoms with E-state index >= 15 is 0 Å². The molecule has 1 N–H and O–H groups in total. The number of nitrogens with zero attached hydrogens (tertiary/aromatic N) is 1. The van der Waals surface area contributed by atoms with Gasteiger partial charge in [-0.3, -0.25) is 0 Å². The minimum absolute atomic E-state index is 0.197. The van der Waals surface area contributed by atoms with Crippen molar-refractivity contribution in [3.8, 4) is 0 Å². The van der Waals surface area contributed by atoms with Gasteiger partial charge in [0.25, 0.3) is 0 Å².